The zero-order chi connectivity index (χ0) is 36.6. The highest BCUT2D eigenvalue weighted by Gasteiger charge is 2.55. The van der Waals surface area contributed by atoms with Gasteiger partial charge in [-0.25, -0.2) is 4.79 Å². The zero-order valence-corrected chi connectivity index (χ0v) is 31.6. The summed E-state index contributed by atoms with van der Waals surface area (Å²) in [5.74, 6) is 8.79. The topological polar surface area (TPSA) is 34.2 Å². The molecule has 0 amide bonds. The minimum atomic E-state index is -4.01. The number of rotatable bonds is 8. The van der Waals surface area contributed by atoms with E-state index in [-0.39, 0.29) is 12.1 Å². The fourth-order valence-electron chi connectivity index (χ4n) is 9.65. The van der Waals surface area contributed by atoms with Crippen molar-refractivity contribution in [2.45, 2.75) is 118 Å². The average Bonchev–Trinajstić information content (AvgIpc) is 3.62. The summed E-state index contributed by atoms with van der Waals surface area (Å²) in [7, 11) is 0. The van der Waals surface area contributed by atoms with Gasteiger partial charge in [0.1, 0.15) is 11.8 Å². The SMILES string of the molecule is CCCCCC1CCC(C2CCC(OC(=O)c3ccc(C#Cc4ccc(C5=C6C(C)=CC(C)=[N+]6[B-](F)(F)n6c(C)cc(C)c65)cc4)cc3)CC2)CC1. The van der Waals surface area contributed by atoms with Crippen LogP contribution in [0.5, 0.6) is 0 Å². The molecule has 4 nitrogen and oxygen atoms in total. The molecule has 3 aromatic rings. The van der Waals surface area contributed by atoms with Crippen molar-refractivity contribution in [3.63, 3.8) is 0 Å². The van der Waals surface area contributed by atoms with Crippen molar-refractivity contribution < 1.29 is 22.6 Å². The molecule has 1 aromatic heterocycles. The smallest absolute Gasteiger partial charge is 0.459 e. The highest BCUT2D eigenvalue weighted by Crippen LogP contribution is 2.45. The monoisotopic (exact) mass is 702 g/mol. The fourth-order valence-corrected chi connectivity index (χ4v) is 9.65. The zero-order valence-electron chi connectivity index (χ0n) is 31.6. The molecule has 0 N–H and O–H groups in total. The van der Waals surface area contributed by atoms with Gasteiger partial charge in [-0.15, -0.1) is 0 Å². The van der Waals surface area contributed by atoms with Crippen molar-refractivity contribution >= 4 is 24.2 Å². The van der Waals surface area contributed by atoms with Gasteiger partial charge in [0.15, 0.2) is 5.70 Å². The van der Waals surface area contributed by atoms with Crippen LogP contribution in [0.1, 0.15) is 142 Å². The van der Waals surface area contributed by atoms with Crippen LogP contribution in [0.4, 0.5) is 8.63 Å². The Hall–Kier alpha value is -4.18. The van der Waals surface area contributed by atoms with Crippen LogP contribution in [0.3, 0.4) is 0 Å². The number of fused-ring (bicyclic) bond motifs is 2. The van der Waals surface area contributed by atoms with E-state index in [0.29, 0.717) is 28.4 Å². The number of hydrogen-bond acceptors (Lipinski definition) is 2. The van der Waals surface area contributed by atoms with Crippen molar-refractivity contribution in [3.05, 3.63) is 111 Å². The largest absolute Gasteiger partial charge is 0.737 e. The maximum Gasteiger partial charge on any atom is 0.737 e. The van der Waals surface area contributed by atoms with Crippen LogP contribution in [-0.4, -0.2) is 33.7 Å². The van der Waals surface area contributed by atoms with Crippen LogP contribution in [0.2, 0.25) is 0 Å². The first-order chi connectivity index (χ1) is 25.0. The van der Waals surface area contributed by atoms with Crippen LogP contribution < -0.4 is 0 Å². The van der Waals surface area contributed by atoms with E-state index in [1.165, 1.54) is 73.2 Å². The first-order valence-electron chi connectivity index (χ1n) is 19.8. The molecule has 2 saturated carbocycles. The molecule has 2 aliphatic heterocycles. The molecule has 0 saturated heterocycles. The number of allylic oxidation sites excluding steroid dienone is 2. The minimum absolute atomic E-state index is 0.00948. The molecule has 2 aliphatic carbocycles. The third-order valence-corrected chi connectivity index (χ3v) is 12.3. The van der Waals surface area contributed by atoms with E-state index in [0.717, 1.165) is 64.0 Å². The molecular weight excluding hydrogens is 649 g/mol. The summed E-state index contributed by atoms with van der Waals surface area (Å²) in [5, 5.41) is 0. The Bertz CT molecular complexity index is 1970. The van der Waals surface area contributed by atoms with Gasteiger partial charge >= 0.3 is 12.9 Å². The molecule has 52 heavy (non-hydrogen) atoms. The van der Waals surface area contributed by atoms with E-state index in [2.05, 4.69) is 18.8 Å². The number of aryl methyl sites for hydroxylation is 2. The second-order valence-corrected chi connectivity index (χ2v) is 16.0. The van der Waals surface area contributed by atoms with E-state index in [1.807, 2.05) is 62.4 Å². The van der Waals surface area contributed by atoms with Crippen molar-refractivity contribution in [1.29, 1.82) is 0 Å². The van der Waals surface area contributed by atoms with Crippen LogP contribution in [0.15, 0.2) is 71.9 Å². The van der Waals surface area contributed by atoms with E-state index in [1.54, 1.807) is 26.0 Å². The lowest BCUT2D eigenvalue weighted by molar-refractivity contribution is -0.363. The van der Waals surface area contributed by atoms with E-state index >= 15 is 8.63 Å². The highest BCUT2D eigenvalue weighted by atomic mass is 19.2. The molecule has 4 aliphatic rings. The number of nitrogens with zero attached hydrogens (tertiary/aromatic N) is 2. The first-order valence-corrected chi connectivity index (χ1v) is 19.8. The normalized spacial score (nSPS) is 23.8. The number of unbranched alkanes of at least 4 members (excludes halogenated alkanes) is 2. The molecule has 0 radical (unpaired) electrons. The summed E-state index contributed by atoms with van der Waals surface area (Å²) in [6.45, 7) is 5.59. The van der Waals surface area contributed by atoms with E-state index in [9.17, 15) is 4.79 Å². The van der Waals surface area contributed by atoms with Gasteiger partial charge < -0.3 is 22.3 Å². The Kier molecular flexibility index (Phi) is 10.5. The molecule has 0 unspecified atom stereocenters. The molecule has 7 rings (SSSR count). The predicted molar refractivity (Wildman–Crippen MR) is 208 cm³/mol. The van der Waals surface area contributed by atoms with Crippen molar-refractivity contribution in [2.75, 3.05) is 0 Å². The number of hydrogen-bond donors (Lipinski definition) is 0. The van der Waals surface area contributed by atoms with Gasteiger partial charge in [0.05, 0.1) is 11.1 Å². The highest BCUT2D eigenvalue weighted by molar-refractivity contribution is 6.58. The van der Waals surface area contributed by atoms with Crippen molar-refractivity contribution in [1.82, 2.24) is 4.48 Å². The number of esters is 1. The fraction of sp³-hybridized carbons (Fsp3) is 0.467. The van der Waals surface area contributed by atoms with Gasteiger partial charge in [0.25, 0.3) is 0 Å². The second-order valence-electron chi connectivity index (χ2n) is 16.0. The van der Waals surface area contributed by atoms with Crippen molar-refractivity contribution in [3.8, 4) is 11.8 Å². The average molecular weight is 703 g/mol. The Morgan fingerprint density at radius 2 is 1.44 bits per heavy atom. The molecule has 3 heterocycles. The molecule has 0 bridgehead atoms. The molecule has 2 fully saturated rings. The van der Waals surface area contributed by atoms with Gasteiger partial charge in [0.2, 0.25) is 0 Å². The summed E-state index contributed by atoms with van der Waals surface area (Å²) >= 11 is 0. The maximum absolute atomic E-state index is 16.0. The third-order valence-electron chi connectivity index (χ3n) is 12.3. The van der Waals surface area contributed by atoms with Crippen LogP contribution in [0.25, 0.3) is 5.57 Å². The molecule has 272 valence electrons. The summed E-state index contributed by atoms with van der Waals surface area (Å²) in [6.07, 6.45) is 17.2. The van der Waals surface area contributed by atoms with Crippen LogP contribution >= 0.6 is 0 Å². The minimum Gasteiger partial charge on any atom is -0.459 e. The van der Waals surface area contributed by atoms with Crippen LogP contribution in [0, 0.1) is 43.4 Å². The predicted octanol–water partition coefficient (Wildman–Crippen LogP) is 11.0. The Labute approximate surface area is 309 Å². The number of carbonyl (C=O) groups excluding carboxylic acids is 1. The number of aromatic nitrogens is 1. The second kappa shape index (κ2) is 15.1. The number of carbonyl (C=O) groups is 1. The van der Waals surface area contributed by atoms with E-state index in [4.69, 9.17) is 4.74 Å². The first kappa shape index (κ1) is 36.2. The Balaban J connectivity index is 0.958. The molecule has 0 atom stereocenters. The number of benzene rings is 2. The van der Waals surface area contributed by atoms with Gasteiger partial charge in [0, 0.05) is 35.4 Å². The van der Waals surface area contributed by atoms with Gasteiger partial charge in [-0.1, -0.05) is 69.4 Å². The lowest BCUT2D eigenvalue weighted by atomic mass is 9.70. The standard InChI is InChI=1S/C45H53BF2N2O2/c1-6-7-8-9-34-12-18-37(19-13-34)38-24-26-41(27-25-38)52-45(51)40-22-16-36(17-23-40)11-10-35-14-20-39(21-15-35)42-43-30(2)28-32(4)49(43)46(47,48)50-33(5)29-31(3)44(42)50/h14-17,20-23,28-29,34,37-38,41H,6-9,12-13,18-19,24-27H2,1-5H3. The maximum atomic E-state index is 16.0. The third kappa shape index (κ3) is 7.11. The summed E-state index contributed by atoms with van der Waals surface area (Å²) in [4.78, 5) is 13.0. The molecular formula is C45H53BF2N2O2. The number of halogens is 2. The number of ether oxygens (including phenoxy) is 1. The van der Waals surface area contributed by atoms with Crippen LogP contribution in [-0.2, 0) is 4.74 Å². The summed E-state index contributed by atoms with van der Waals surface area (Å²) in [6, 6.07) is 17.0. The van der Waals surface area contributed by atoms with Crippen molar-refractivity contribution in [2.24, 2.45) is 17.8 Å². The summed E-state index contributed by atoms with van der Waals surface area (Å²) in [5.41, 5.74) is 7.80. The van der Waals surface area contributed by atoms with Gasteiger partial charge in [-0.05, 0) is 136 Å². The summed E-state index contributed by atoms with van der Waals surface area (Å²) < 4.78 is 40.4. The van der Waals surface area contributed by atoms with Gasteiger partial charge in [-0.3, -0.25) is 0 Å². The molecule has 7 heteroatoms. The Morgan fingerprint density at radius 3 is 2.06 bits per heavy atom. The molecule has 2 aromatic carbocycles. The molecule has 0 spiro atoms. The van der Waals surface area contributed by atoms with E-state index < -0.39 is 6.97 Å². The lowest BCUT2D eigenvalue weighted by Gasteiger charge is -2.37. The quantitative estimate of drug-likeness (QED) is 0.101. The van der Waals surface area contributed by atoms with Gasteiger partial charge in [-0.2, -0.15) is 0 Å². The Morgan fingerprint density at radius 1 is 0.846 bits per heavy atom. The lowest BCUT2D eigenvalue weighted by Crippen LogP contribution is -2.51.